The summed E-state index contributed by atoms with van der Waals surface area (Å²) in [5.74, 6) is 5.56. The molecule has 0 saturated heterocycles. The zero-order valence-corrected chi connectivity index (χ0v) is 8.55. The molecule has 0 spiro atoms. The van der Waals surface area contributed by atoms with Crippen molar-refractivity contribution in [3.05, 3.63) is 22.2 Å². The maximum atomic E-state index is 10.7. The predicted octanol–water partition coefficient (Wildman–Crippen LogP) is 1.21. The standard InChI is InChI=1S/C9H12N4O3/c10-12-8-5-4-7(13(14)15)9(11-8)16-6-2-1-3-6/h4-6H,1-3,10H2,(H,11,12). The van der Waals surface area contributed by atoms with E-state index < -0.39 is 4.92 Å². The van der Waals surface area contributed by atoms with Crippen molar-refractivity contribution in [2.24, 2.45) is 5.84 Å². The number of nitro groups is 1. The molecule has 1 saturated carbocycles. The van der Waals surface area contributed by atoms with E-state index in [4.69, 9.17) is 10.6 Å². The van der Waals surface area contributed by atoms with Gasteiger partial charge in [-0.25, -0.2) is 5.84 Å². The fourth-order valence-corrected chi connectivity index (χ4v) is 1.39. The second kappa shape index (κ2) is 4.31. The van der Waals surface area contributed by atoms with Crippen LogP contribution in [0.15, 0.2) is 12.1 Å². The Hall–Kier alpha value is -1.89. The summed E-state index contributed by atoms with van der Waals surface area (Å²) >= 11 is 0. The van der Waals surface area contributed by atoms with E-state index in [1.54, 1.807) is 0 Å². The Balaban J connectivity index is 2.25. The lowest BCUT2D eigenvalue weighted by Crippen LogP contribution is -2.25. The highest BCUT2D eigenvalue weighted by Crippen LogP contribution is 2.31. The van der Waals surface area contributed by atoms with Gasteiger partial charge in [-0.3, -0.25) is 10.1 Å². The predicted molar refractivity (Wildman–Crippen MR) is 57.0 cm³/mol. The second-order valence-electron chi connectivity index (χ2n) is 3.59. The summed E-state index contributed by atoms with van der Waals surface area (Å²) in [5.41, 5.74) is 2.20. The van der Waals surface area contributed by atoms with Crippen molar-refractivity contribution < 1.29 is 9.66 Å². The van der Waals surface area contributed by atoms with Gasteiger partial charge < -0.3 is 10.2 Å². The summed E-state index contributed by atoms with van der Waals surface area (Å²) in [4.78, 5) is 14.2. The van der Waals surface area contributed by atoms with Crippen molar-refractivity contribution in [3.63, 3.8) is 0 Å². The van der Waals surface area contributed by atoms with Crippen molar-refractivity contribution in [1.29, 1.82) is 0 Å². The molecule has 1 aliphatic rings. The van der Waals surface area contributed by atoms with Crippen LogP contribution in [0.4, 0.5) is 11.5 Å². The van der Waals surface area contributed by atoms with E-state index >= 15 is 0 Å². The zero-order chi connectivity index (χ0) is 11.5. The van der Waals surface area contributed by atoms with Crippen molar-refractivity contribution in [3.8, 4) is 5.88 Å². The Morgan fingerprint density at radius 3 is 2.81 bits per heavy atom. The van der Waals surface area contributed by atoms with Gasteiger partial charge in [-0.2, -0.15) is 4.98 Å². The van der Waals surface area contributed by atoms with Crippen LogP contribution in [0.2, 0.25) is 0 Å². The third kappa shape index (κ3) is 2.03. The second-order valence-corrected chi connectivity index (χ2v) is 3.59. The summed E-state index contributed by atoms with van der Waals surface area (Å²) in [5, 5.41) is 10.7. The molecule has 0 aromatic carbocycles. The van der Waals surface area contributed by atoms with Gasteiger partial charge in [0.05, 0.1) is 4.92 Å². The van der Waals surface area contributed by atoms with Crippen LogP contribution in [0.5, 0.6) is 5.88 Å². The molecule has 1 aromatic rings. The fourth-order valence-electron chi connectivity index (χ4n) is 1.39. The number of anilines is 1. The lowest BCUT2D eigenvalue weighted by molar-refractivity contribution is -0.386. The summed E-state index contributed by atoms with van der Waals surface area (Å²) in [6.07, 6.45) is 2.96. The molecule has 0 amide bonds. The molecule has 0 bridgehead atoms. The van der Waals surface area contributed by atoms with Crippen LogP contribution in [-0.4, -0.2) is 16.0 Å². The molecule has 0 radical (unpaired) electrons. The third-order valence-electron chi connectivity index (χ3n) is 2.52. The maximum absolute atomic E-state index is 10.7. The first kappa shape index (κ1) is 10.6. The third-order valence-corrected chi connectivity index (χ3v) is 2.52. The molecule has 3 N–H and O–H groups in total. The Morgan fingerprint density at radius 2 is 2.31 bits per heavy atom. The van der Waals surface area contributed by atoms with E-state index in [-0.39, 0.29) is 17.7 Å². The quantitative estimate of drug-likeness (QED) is 0.452. The van der Waals surface area contributed by atoms with Gasteiger partial charge in [0.2, 0.25) is 0 Å². The normalized spacial score (nSPS) is 15.3. The highest BCUT2D eigenvalue weighted by Gasteiger charge is 2.25. The fraction of sp³-hybridized carbons (Fsp3) is 0.444. The van der Waals surface area contributed by atoms with Gasteiger partial charge in [-0.1, -0.05) is 0 Å². The Labute approximate surface area is 91.7 Å². The summed E-state index contributed by atoms with van der Waals surface area (Å²) < 4.78 is 5.44. The number of nitrogens with zero attached hydrogens (tertiary/aromatic N) is 2. The van der Waals surface area contributed by atoms with Gasteiger partial charge in [0, 0.05) is 6.07 Å². The average molecular weight is 224 g/mol. The van der Waals surface area contributed by atoms with Crippen molar-refractivity contribution in [2.75, 3.05) is 5.43 Å². The van der Waals surface area contributed by atoms with Crippen LogP contribution in [0.25, 0.3) is 0 Å². The summed E-state index contributed by atoms with van der Waals surface area (Å²) in [6, 6.07) is 2.77. The first-order chi connectivity index (χ1) is 7.70. The smallest absolute Gasteiger partial charge is 0.331 e. The molecule has 0 aliphatic heterocycles. The number of nitrogens with two attached hydrogens (primary N) is 1. The lowest BCUT2D eigenvalue weighted by atomic mass is 9.96. The van der Waals surface area contributed by atoms with Crippen LogP contribution in [-0.2, 0) is 0 Å². The molecule has 1 aromatic heterocycles. The number of hydrogen-bond acceptors (Lipinski definition) is 6. The minimum Gasteiger partial charge on any atom is -0.469 e. The molecule has 16 heavy (non-hydrogen) atoms. The summed E-state index contributed by atoms with van der Waals surface area (Å²) in [7, 11) is 0. The molecule has 7 nitrogen and oxygen atoms in total. The molecule has 1 aliphatic carbocycles. The number of aromatic nitrogens is 1. The Bertz CT molecular complexity index is 406. The van der Waals surface area contributed by atoms with Gasteiger partial charge in [0.1, 0.15) is 11.9 Å². The zero-order valence-electron chi connectivity index (χ0n) is 8.55. The monoisotopic (exact) mass is 224 g/mol. The van der Waals surface area contributed by atoms with Crippen LogP contribution < -0.4 is 16.0 Å². The number of hydrazine groups is 1. The molecule has 1 fully saturated rings. The van der Waals surface area contributed by atoms with E-state index in [9.17, 15) is 10.1 Å². The SMILES string of the molecule is NNc1ccc([N+](=O)[O-])c(OC2CCC2)n1. The van der Waals surface area contributed by atoms with E-state index in [1.165, 1.54) is 12.1 Å². The number of pyridine rings is 1. The minimum atomic E-state index is -0.513. The molecule has 2 rings (SSSR count). The Kier molecular flexibility index (Phi) is 2.86. The van der Waals surface area contributed by atoms with Crippen LogP contribution >= 0.6 is 0 Å². The number of hydrogen-bond donors (Lipinski definition) is 2. The van der Waals surface area contributed by atoms with Crippen molar-refractivity contribution in [1.82, 2.24) is 4.98 Å². The van der Waals surface area contributed by atoms with Crippen LogP contribution in [0.3, 0.4) is 0 Å². The maximum Gasteiger partial charge on any atom is 0.331 e. The molecular formula is C9H12N4O3. The van der Waals surface area contributed by atoms with Crippen LogP contribution in [0, 0.1) is 10.1 Å². The van der Waals surface area contributed by atoms with Crippen molar-refractivity contribution >= 4 is 11.5 Å². The van der Waals surface area contributed by atoms with E-state index in [0.717, 1.165) is 19.3 Å². The number of nitrogen functional groups attached to an aromatic ring is 1. The topological polar surface area (TPSA) is 103 Å². The van der Waals surface area contributed by atoms with Gasteiger partial charge in [0.25, 0.3) is 5.88 Å². The van der Waals surface area contributed by atoms with Gasteiger partial charge in [-0.15, -0.1) is 0 Å². The molecule has 0 unspecified atom stereocenters. The molecule has 86 valence electrons. The van der Waals surface area contributed by atoms with E-state index in [2.05, 4.69) is 10.4 Å². The van der Waals surface area contributed by atoms with E-state index in [0.29, 0.717) is 5.82 Å². The molecular weight excluding hydrogens is 212 g/mol. The highest BCUT2D eigenvalue weighted by molar-refractivity contribution is 5.48. The van der Waals surface area contributed by atoms with Crippen molar-refractivity contribution in [2.45, 2.75) is 25.4 Å². The number of rotatable bonds is 4. The Morgan fingerprint density at radius 1 is 1.56 bits per heavy atom. The number of nitrogens with one attached hydrogen (secondary N) is 1. The average Bonchev–Trinajstić information content (AvgIpc) is 2.22. The van der Waals surface area contributed by atoms with E-state index in [1.807, 2.05) is 0 Å². The lowest BCUT2D eigenvalue weighted by Gasteiger charge is -2.25. The minimum absolute atomic E-state index is 0.0325. The highest BCUT2D eigenvalue weighted by atomic mass is 16.6. The van der Waals surface area contributed by atoms with Gasteiger partial charge in [-0.05, 0) is 25.3 Å². The largest absolute Gasteiger partial charge is 0.469 e. The molecule has 7 heteroatoms. The first-order valence-electron chi connectivity index (χ1n) is 4.99. The summed E-state index contributed by atoms with van der Waals surface area (Å²) in [6.45, 7) is 0. The van der Waals surface area contributed by atoms with Gasteiger partial charge in [0.15, 0.2) is 0 Å². The molecule has 1 heterocycles. The van der Waals surface area contributed by atoms with Gasteiger partial charge >= 0.3 is 5.69 Å². The molecule has 0 atom stereocenters. The first-order valence-corrected chi connectivity index (χ1v) is 4.99. The number of ether oxygens (including phenoxy) is 1. The van der Waals surface area contributed by atoms with Crippen LogP contribution in [0.1, 0.15) is 19.3 Å².